The van der Waals surface area contributed by atoms with E-state index in [1.54, 1.807) is 4.57 Å². The standard InChI is InChI=1S/C9H13Br2N3O2/c1-2-3-6-13-7(10)8(11)14(6)4-5(12)9(15)16/h5H,2-4,12H2,1H3,(H,15,16). The highest BCUT2D eigenvalue weighted by Crippen LogP contribution is 2.24. The molecule has 0 saturated carbocycles. The summed E-state index contributed by atoms with van der Waals surface area (Å²) in [6.45, 7) is 2.25. The maximum absolute atomic E-state index is 10.7. The molecular weight excluding hydrogens is 342 g/mol. The molecule has 3 N–H and O–H groups in total. The molecule has 7 heteroatoms. The molecule has 1 rings (SSSR count). The van der Waals surface area contributed by atoms with Crippen molar-refractivity contribution in [2.45, 2.75) is 32.4 Å². The monoisotopic (exact) mass is 353 g/mol. The Morgan fingerprint density at radius 1 is 1.62 bits per heavy atom. The average molecular weight is 355 g/mol. The predicted molar refractivity (Wildman–Crippen MR) is 67.2 cm³/mol. The Bertz CT molecular complexity index is 392. The lowest BCUT2D eigenvalue weighted by molar-refractivity contribution is -0.138. The highest BCUT2D eigenvalue weighted by molar-refractivity contribution is 9.13. The summed E-state index contributed by atoms with van der Waals surface area (Å²) in [7, 11) is 0. The second-order valence-corrected chi connectivity index (χ2v) is 4.92. The van der Waals surface area contributed by atoms with Crippen molar-refractivity contribution in [2.24, 2.45) is 5.73 Å². The van der Waals surface area contributed by atoms with Gasteiger partial charge in [0.05, 0.1) is 6.54 Å². The molecule has 0 aliphatic carbocycles. The summed E-state index contributed by atoms with van der Waals surface area (Å²) in [5.74, 6) is -0.183. The highest BCUT2D eigenvalue weighted by atomic mass is 79.9. The zero-order valence-electron chi connectivity index (χ0n) is 8.78. The fourth-order valence-corrected chi connectivity index (χ4v) is 2.18. The summed E-state index contributed by atoms with van der Waals surface area (Å²) < 4.78 is 3.19. The Morgan fingerprint density at radius 3 is 2.75 bits per heavy atom. The topological polar surface area (TPSA) is 81.1 Å². The van der Waals surface area contributed by atoms with Crippen LogP contribution in [0.25, 0.3) is 0 Å². The molecule has 0 bridgehead atoms. The number of carboxylic acid groups (broad SMARTS) is 1. The van der Waals surface area contributed by atoms with Crippen molar-refractivity contribution in [3.8, 4) is 0 Å². The van der Waals surface area contributed by atoms with Gasteiger partial charge in [0, 0.05) is 6.42 Å². The van der Waals surface area contributed by atoms with Gasteiger partial charge in [-0.25, -0.2) is 4.98 Å². The molecule has 0 aromatic carbocycles. The highest BCUT2D eigenvalue weighted by Gasteiger charge is 2.18. The normalized spacial score (nSPS) is 12.8. The molecule has 1 aromatic rings. The first-order valence-electron chi connectivity index (χ1n) is 4.86. The number of nitrogens with zero attached hydrogens (tertiary/aromatic N) is 2. The predicted octanol–water partition coefficient (Wildman–Crippen LogP) is 1.77. The molecule has 16 heavy (non-hydrogen) atoms. The Labute approximate surface area is 110 Å². The van der Waals surface area contributed by atoms with Crippen molar-refractivity contribution in [1.82, 2.24) is 9.55 Å². The lowest BCUT2D eigenvalue weighted by atomic mass is 10.3. The van der Waals surface area contributed by atoms with E-state index in [0.717, 1.165) is 23.3 Å². The summed E-state index contributed by atoms with van der Waals surface area (Å²) in [6, 6.07) is -0.923. The van der Waals surface area contributed by atoms with Crippen molar-refractivity contribution >= 4 is 37.8 Å². The molecule has 90 valence electrons. The van der Waals surface area contributed by atoms with Crippen LogP contribution in [0.2, 0.25) is 0 Å². The Morgan fingerprint density at radius 2 is 2.25 bits per heavy atom. The van der Waals surface area contributed by atoms with Crippen LogP contribution in [-0.2, 0) is 17.8 Å². The first-order valence-corrected chi connectivity index (χ1v) is 6.44. The lowest BCUT2D eigenvalue weighted by Crippen LogP contribution is -2.35. The molecule has 0 amide bonds. The molecular formula is C9H13Br2N3O2. The third-order valence-corrected chi connectivity index (χ3v) is 4.00. The molecule has 1 aromatic heterocycles. The van der Waals surface area contributed by atoms with Gasteiger partial charge in [0.25, 0.3) is 0 Å². The molecule has 0 radical (unpaired) electrons. The van der Waals surface area contributed by atoms with Gasteiger partial charge in [-0.1, -0.05) is 6.92 Å². The van der Waals surface area contributed by atoms with E-state index in [2.05, 4.69) is 36.8 Å². The van der Waals surface area contributed by atoms with E-state index in [0.29, 0.717) is 4.60 Å². The van der Waals surface area contributed by atoms with Crippen LogP contribution >= 0.6 is 31.9 Å². The van der Waals surface area contributed by atoms with Crippen molar-refractivity contribution in [2.75, 3.05) is 0 Å². The van der Waals surface area contributed by atoms with Gasteiger partial charge in [0.15, 0.2) is 0 Å². The number of aryl methyl sites for hydroxylation is 1. The molecule has 5 nitrogen and oxygen atoms in total. The van der Waals surface area contributed by atoms with Gasteiger partial charge >= 0.3 is 5.97 Å². The Balaban J connectivity index is 2.96. The van der Waals surface area contributed by atoms with Crippen LogP contribution in [0, 0.1) is 0 Å². The molecule has 1 unspecified atom stereocenters. The number of imidazole rings is 1. The van der Waals surface area contributed by atoms with Gasteiger partial charge in [-0.2, -0.15) is 0 Å². The second kappa shape index (κ2) is 5.79. The van der Waals surface area contributed by atoms with Crippen molar-refractivity contribution in [3.05, 3.63) is 15.0 Å². The van der Waals surface area contributed by atoms with Crippen LogP contribution in [0.5, 0.6) is 0 Å². The summed E-state index contributed by atoms with van der Waals surface area (Å²) in [4.78, 5) is 15.0. The van der Waals surface area contributed by atoms with E-state index in [4.69, 9.17) is 10.8 Å². The lowest BCUT2D eigenvalue weighted by Gasteiger charge is -2.11. The smallest absolute Gasteiger partial charge is 0.322 e. The minimum absolute atomic E-state index is 0.212. The van der Waals surface area contributed by atoms with Gasteiger partial charge in [-0.15, -0.1) is 0 Å². The van der Waals surface area contributed by atoms with Crippen molar-refractivity contribution in [1.29, 1.82) is 0 Å². The number of halogens is 2. The van der Waals surface area contributed by atoms with Crippen molar-refractivity contribution < 1.29 is 9.90 Å². The molecule has 0 spiro atoms. The first kappa shape index (κ1) is 13.7. The summed E-state index contributed by atoms with van der Waals surface area (Å²) in [5.41, 5.74) is 5.51. The molecule has 0 fully saturated rings. The minimum atomic E-state index is -1.01. The fourth-order valence-electron chi connectivity index (χ4n) is 1.32. The van der Waals surface area contributed by atoms with Gasteiger partial charge in [0.2, 0.25) is 0 Å². The Hall–Kier alpha value is -0.400. The SMILES string of the molecule is CCCc1nc(Br)c(Br)n1CC(N)C(=O)O. The Kier molecular flexibility index (Phi) is 4.94. The number of hydrogen-bond acceptors (Lipinski definition) is 3. The zero-order chi connectivity index (χ0) is 12.3. The van der Waals surface area contributed by atoms with Crippen LogP contribution in [0.4, 0.5) is 0 Å². The van der Waals surface area contributed by atoms with Gasteiger partial charge < -0.3 is 15.4 Å². The summed E-state index contributed by atoms with van der Waals surface area (Å²) in [6.07, 6.45) is 1.73. The van der Waals surface area contributed by atoms with Crippen LogP contribution in [-0.4, -0.2) is 26.7 Å². The van der Waals surface area contributed by atoms with Crippen LogP contribution in [0.1, 0.15) is 19.2 Å². The number of hydrogen-bond donors (Lipinski definition) is 2. The summed E-state index contributed by atoms with van der Waals surface area (Å²) >= 11 is 6.65. The minimum Gasteiger partial charge on any atom is -0.480 e. The maximum atomic E-state index is 10.7. The number of aromatic nitrogens is 2. The van der Waals surface area contributed by atoms with E-state index < -0.39 is 12.0 Å². The largest absolute Gasteiger partial charge is 0.480 e. The molecule has 1 atom stereocenters. The number of carboxylic acids is 1. The third-order valence-electron chi connectivity index (χ3n) is 2.12. The number of nitrogens with two attached hydrogens (primary N) is 1. The number of carbonyl (C=O) groups is 1. The average Bonchev–Trinajstić information content (AvgIpc) is 2.46. The van der Waals surface area contributed by atoms with E-state index in [1.807, 2.05) is 6.92 Å². The fraction of sp³-hybridized carbons (Fsp3) is 0.556. The van der Waals surface area contributed by atoms with Crippen molar-refractivity contribution in [3.63, 3.8) is 0 Å². The number of rotatable bonds is 5. The zero-order valence-corrected chi connectivity index (χ0v) is 12.0. The van der Waals surface area contributed by atoms with E-state index in [9.17, 15) is 4.79 Å². The second-order valence-electron chi connectivity index (χ2n) is 3.41. The molecule has 0 aliphatic heterocycles. The molecule has 0 aliphatic rings. The molecule has 0 saturated heterocycles. The van der Waals surface area contributed by atoms with E-state index >= 15 is 0 Å². The van der Waals surface area contributed by atoms with Crippen LogP contribution < -0.4 is 5.73 Å². The third kappa shape index (κ3) is 3.05. The number of aliphatic carboxylic acids is 1. The van der Waals surface area contributed by atoms with E-state index in [-0.39, 0.29) is 6.54 Å². The van der Waals surface area contributed by atoms with Gasteiger partial charge in [-0.05, 0) is 38.3 Å². The van der Waals surface area contributed by atoms with E-state index in [1.165, 1.54) is 0 Å². The van der Waals surface area contributed by atoms with Crippen LogP contribution in [0.3, 0.4) is 0 Å². The maximum Gasteiger partial charge on any atom is 0.322 e. The first-order chi connectivity index (χ1) is 7.47. The van der Waals surface area contributed by atoms with Gasteiger partial charge in [-0.3, -0.25) is 4.79 Å². The molecule has 1 heterocycles. The van der Waals surface area contributed by atoms with Gasteiger partial charge in [0.1, 0.15) is 21.1 Å². The summed E-state index contributed by atoms with van der Waals surface area (Å²) in [5, 5.41) is 8.78. The quantitative estimate of drug-likeness (QED) is 0.844. The van der Waals surface area contributed by atoms with Crippen LogP contribution in [0.15, 0.2) is 9.21 Å².